The zero-order valence-electron chi connectivity index (χ0n) is 11.5. The molecule has 1 aromatic heterocycles. The lowest BCUT2D eigenvalue weighted by Gasteiger charge is -2.39. The molecule has 2 rings (SSSR count). The number of aromatic nitrogens is 2. The van der Waals surface area contributed by atoms with Gasteiger partial charge in [0.25, 0.3) is 0 Å². The van der Waals surface area contributed by atoms with E-state index in [0.717, 1.165) is 0 Å². The summed E-state index contributed by atoms with van der Waals surface area (Å²) in [6.07, 6.45) is 3.55. The molecule has 2 amide bonds. The Morgan fingerprint density at radius 3 is 2.68 bits per heavy atom. The Morgan fingerprint density at radius 2 is 2.11 bits per heavy atom. The number of nitrogens with zero attached hydrogens (tertiary/aromatic N) is 3. The third kappa shape index (κ3) is 2.77. The number of hydrogen-bond donors (Lipinski definition) is 1. The normalized spacial score (nSPS) is 23.9. The highest BCUT2D eigenvalue weighted by Crippen LogP contribution is 2.17. The van der Waals surface area contributed by atoms with E-state index < -0.39 is 6.04 Å². The van der Waals surface area contributed by atoms with Crippen LogP contribution in [0.1, 0.15) is 20.8 Å². The van der Waals surface area contributed by atoms with Gasteiger partial charge in [0.1, 0.15) is 12.1 Å². The van der Waals surface area contributed by atoms with Crippen molar-refractivity contribution in [1.82, 2.24) is 20.0 Å². The van der Waals surface area contributed by atoms with Crippen LogP contribution in [0.4, 0.5) is 0 Å². The minimum absolute atomic E-state index is 0.0227. The van der Waals surface area contributed by atoms with Crippen molar-refractivity contribution in [2.24, 2.45) is 5.92 Å². The number of rotatable bonds is 4. The Labute approximate surface area is 112 Å². The molecule has 1 aliphatic rings. The SMILES string of the molecule is CC1NC(=O)C(C(C)C)N(CCn2cccn2)C1=O. The first-order valence-electron chi connectivity index (χ1n) is 6.59. The highest BCUT2D eigenvalue weighted by atomic mass is 16.2. The smallest absolute Gasteiger partial charge is 0.245 e. The molecule has 19 heavy (non-hydrogen) atoms. The van der Waals surface area contributed by atoms with Crippen molar-refractivity contribution in [3.05, 3.63) is 18.5 Å². The minimum Gasteiger partial charge on any atom is -0.343 e. The van der Waals surface area contributed by atoms with Crippen molar-refractivity contribution >= 4 is 11.8 Å². The molecule has 2 unspecified atom stereocenters. The highest BCUT2D eigenvalue weighted by Gasteiger charge is 2.39. The fraction of sp³-hybridized carbons (Fsp3) is 0.615. The quantitative estimate of drug-likeness (QED) is 0.848. The predicted octanol–water partition coefficient (Wildman–Crippen LogP) is 0.255. The van der Waals surface area contributed by atoms with Crippen molar-refractivity contribution in [3.8, 4) is 0 Å². The third-order valence-corrected chi connectivity index (χ3v) is 3.38. The molecule has 104 valence electrons. The van der Waals surface area contributed by atoms with Gasteiger partial charge >= 0.3 is 0 Å². The van der Waals surface area contributed by atoms with Crippen LogP contribution in [-0.2, 0) is 16.1 Å². The second kappa shape index (κ2) is 5.42. The number of carbonyl (C=O) groups is 2. The molecule has 2 heterocycles. The van der Waals surface area contributed by atoms with Crippen LogP contribution in [0.5, 0.6) is 0 Å². The molecule has 6 heteroatoms. The summed E-state index contributed by atoms with van der Waals surface area (Å²) in [6, 6.07) is 1.01. The Hall–Kier alpha value is -1.85. The summed E-state index contributed by atoms with van der Waals surface area (Å²) in [7, 11) is 0. The zero-order valence-corrected chi connectivity index (χ0v) is 11.5. The molecule has 0 radical (unpaired) electrons. The van der Waals surface area contributed by atoms with E-state index in [-0.39, 0.29) is 23.8 Å². The van der Waals surface area contributed by atoms with Gasteiger partial charge in [0.15, 0.2) is 0 Å². The van der Waals surface area contributed by atoms with E-state index in [2.05, 4.69) is 10.4 Å². The first kappa shape index (κ1) is 13.6. The van der Waals surface area contributed by atoms with Crippen LogP contribution >= 0.6 is 0 Å². The van der Waals surface area contributed by atoms with Gasteiger partial charge in [0.2, 0.25) is 11.8 Å². The van der Waals surface area contributed by atoms with Gasteiger partial charge in [0.05, 0.1) is 6.54 Å². The van der Waals surface area contributed by atoms with Crippen molar-refractivity contribution in [2.75, 3.05) is 6.54 Å². The zero-order chi connectivity index (χ0) is 14.0. The topological polar surface area (TPSA) is 67.2 Å². The summed E-state index contributed by atoms with van der Waals surface area (Å²) >= 11 is 0. The number of carbonyl (C=O) groups excluding carboxylic acids is 2. The Bertz CT molecular complexity index is 455. The van der Waals surface area contributed by atoms with Gasteiger partial charge in [-0.3, -0.25) is 14.3 Å². The second-order valence-corrected chi connectivity index (χ2v) is 5.22. The molecule has 0 saturated carbocycles. The van der Waals surface area contributed by atoms with Crippen molar-refractivity contribution in [3.63, 3.8) is 0 Å². The lowest BCUT2D eigenvalue weighted by atomic mass is 9.97. The maximum Gasteiger partial charge on any atom is 0.245 e. The lowest BCUT2D eigenvalue weighted by molar-refractivity contribution is -0.150. The van der Waals surface area contributed by atoms with Crippen LogP contribution < -0.4 is 5.32 Å². The molecule has 6 nitrogen and oxygen atoms in total. The van der Waals surface area contributed by atoms with E-state index in [9.17, 15) is 9.59 Å². The molecular weight excluding hydrogens is 244 g/mol. The summed E-state index contributed by atoms with van der Waals surface area (Å²) < 4.78 is 1.77. The van der Waals surface area contributed by atoms with Crippen LogP contribution in [0.25, 0.3) is 0 Å². The molecule has 1 fully saturated rings. The van der Waals surface area contributed by atoms with Crippen LogP contribution in [0.2, 0.25) is 0 Å². The third-order valence-electron chi connectivity index (χ3n) is 3.38. The molecule has 0 aliphatic carbocycles. The minimum atomic E-state index is -0.444. The Morgan fingerprint density at radius 1 is 1.37 bits per heavy atom. The molecule has 0 aromatic carbocycles. The maximum atomic E-state index is 12.2. The highest BCUT2D eigenvalue weighted by molar-refractivity contribution is 5.96. The molecule has 1 aliphatic heterocycles. The Kier molecular flexibility index (Phi) is 3.87. The fourth-order valence-electron chi connectivity index (χ4n) is 2.44. The van der Waals surface area contributed by atoms with E-state index in [4.69, 9.17) is 0 Å². The van der Waals surface area contributed by atoms with E-state index in [1.807, 2.05) is 26.1 Å². The second-order valence-electron chi connectivity index (χ2n) is 5.22. The maximum absolute atomic E-state index is 12.2. The van der Waals surface area contributed by atoms with Gasteiger partial charge in [-0.25, -0.2) is 0 Å². The van der Waals surface area contributed by atoms with Crippen LogP contribution in [0.3, 0.4) is 0 Å². The molecule has 1 N–H and O–H groups in total. The number of piperazine rings is 1. The predicted molar refractivity (Wildman–Crippen MR) is 70.2 cm³/mol. The summed E-state index contributed by atoms with van der Waals surface area (Å²) in [4.78, 5) is 25.9. The van der Waals surface area contributed by atoms with Crippen molar-refractivity contribution < 1.29 is 9.59 Å². The molecule has 2 atom stereocenters. The van der Waals surface area contributed by atoms with Crippen molar-refractivity contribution in [1.29, 1.82) is 0 Å². The van der Waals surface area contributed by atoms with Crippen LogP contribution in [0.15, 0.2) is 18.5 Å². The van der Waals surface area contributed by atoms with Gasteiger partial charge in [-0.05, 0) is 18.9 Å². The van der Waals surface area contributed by atoms with Gasteiger partial charge in [0, 0.05) is 18.9 Å². The molecule has 0 spiro atoms. The Balaban J connectivity index is 2.11. The van der Waals surface area contributed by atoms with Gasteiger partial charge in [-0.2, -0.15) is 5.10 Å². The van der Waals surface area contributed by atoms with Gasteiger partial charge < -0.3 is 10.2 Å². The van der Waals surface area contributed by atoms with Crippen molar-refractivity contribution in [2.45, 2.75) is 39.4 Å². The lowest BCUT2D eigenvalue weighted by Crippen LogP contribution is -2.64. The average molecular weight is 264 g/mol. The van der Waals surface area contributed by atoms with Gasteiger partial charge in [-0.15, -0.1) is 0 Å². The number of hydrogen-bond acceptors (Lipinski definition) is 3. The van der Waals surface area contributed by atoms with Gasteiger partial charge in [-0.1, -0.05) is 13.8 Å². The van der Waals surface area contributed by atoms with E-state index in [1.165, 1.54) is 0 Å². The molecule has 1 aromatic rings. The average Bonchev–Trinajstić information content (AvgIpc) is 2.84. The van der Waals surface area contributed by atoms with Crippen LogP contribution in [-0.4, -0.2) is 45.1 Å². The first-order chi connectivity index (χ1) is 9.00. The molecule has 0 bridgehead atoms. The number of nitrogens with one attached hydrogen (secondary N) is 1. The van der Waals surface area contributed by atoms with Crippen LogP contribution in [0, 0.1) is 5.92 Å². The largest absolute Gasteiger partial charge is 0.343 e. The molecule has 1 saturated heterocycles. The summed E-state index contributed by atoms with van der Waals surface area (Å²) in [5.74, 6) is 0.00194. The van der Waals surface area contributed by atoms with E-state index in [1.54, 1.807) is 22.7 Å². The monoisotopic (exact) mass is 264 g/mol. The number of amides is 2. The van der Waals surface area contributed by atoms with E-state index in [0.29, 0.717) is 13.1 Å². The first-order valence-corrected chi connectivity index (χ1v) is 6.59. The fourth-order valence-corrected chi connectivity index (χ4v) is 2.44. The standard InChI is InChI=1S/C13H20N4O2/c1-9(2)11-12(18)15-10(3)13(19)17(11)8-7-16-6-4-5-14-16/h4-6,9-11H,7-8H2,1-3H3,(H,15,18). The summed E-state index contributed by atoms with van der Waals surface area (Å²) in [6.45, 7) is 6.73. The molecular formula is C13H20N4O2. The summed E-state index contributed by atoms with van der Waals surface area (Å²) in [5.41, 5.74) is 0. The summed E-state index contributed by atoms with van der Waals surface area (Å²) in [5, 5.41) is 6.84. The van der Waals surface area contributed by atoms with E-state index >= 15 is 0 Å².